The monoisotopic (exact) mass is 231 g/mol. The van der Waals surface area contributed by atoms with Gasteiger partial charge in [0.2, 0.25) is 0 Å². The summed E-state index contributed by atoms with van der Waals surface area (Å²) in [6.45, 7) is 5.19. The van der Waals surface area contributed by atoms with E-state index in [0.29, 0.717) is 0 Å². The van der Waals surface area contributed by atoms with Crippen molar-refractivity contribution in [3.8, 4) is 0 Å². The van der Waals surface area contributed by atoms with Crippen molar-refractivity contribution in [2.45, 2.75) is 37.9 Å². The second-order valence-corrected chi connectivity index (χ2v) is 4.78. The lowest BCUT2D eigenvalue weighted by atomic mass is 10.0. The SMILES string of the molecule is CC(NCCSC(F)(F)F)C(C)(C)O. The van der Waals surface area contributed by atoms with Crippen molar-refractivity contribution < 1.29 is 18.3 Å². The predicted octanol–water partition coefficient (Wildman–Crippen LogP) is 1.99. The molecular formula is C8H16F3NOS. The summed E-state index contributed by atoms with van der Waals surface area (Å²) in [5.74, 6) is -0.0378. The molecule has 6 heteroatoms. The van der Waals surface area contributed by atoms with Gasteiger partial charge in [0.1, 0.15) is 0 Å². The highest BCUT2D eigenvalue weighted by Gasteiger charge is 2.28. The van der Waals surface area contributed by atoms with Crippen LogP contribution in [0.1, 0.15) is 20.8 Å². The lowest BCUT2D eigenvalue weighted by Gasteiger charge is -2.26. The summed E-state index contributed by atoms with van der Waals surface area (Å²) in [6, 6.07) is -0.226. The minimum Gasteiger partial charge on any atom is -0.389 e. The number of hydrogen-bond donors (Lipinski definition) is 2. The third kappa shape index (κ3) is 7.46. The van der Waals surface area contributed by atoms with Gasteiger partial charge >= 0.3 is 5.51 Å². The van der Waals surface area contributed by atoms with Crippen LogP contribution in [-0.2, 0) is 0 Å². The van der Waals surface area contributed by atoms with Crippen LogP contribution in [0.25, 0.3) is 0 Å². The standard InChI is InChI=1S/C8H16F3NOS/c1-6(7(2,3)13)12-4-5-14-8(9,10)11/h6,12-13H,4-5H2,1-3H3. The molecule has 0 aromatic heterocycles. The van der Waals surface area contributed by atoms with Crippen molar-refractivity contribution in [3.63, 3.8) is 0 Å². The minimum atomic E-state index is -4.17. The summed E-state index contributed by atoms with van der Waals surface area (Å²) in [4.78, 5) is 0. The number of hydrogen-bond acceptors (Lipinski definition) is 3. The van der Waals surface area contributed by atoms with Gasteiger partial charge in [-0.2, -0.15) is 13.2 Å². The number of aliphatic hydroxyl groups is 1. The molecule has 0 aliphatic heterocycles. The van der Waals surface area contributed by atoms with E-state index in [1.165, 1.54) is 0 Å². The van der Waals surface area contributed by atoms with Gasteiger partial charge in [-0.05, 0) is 32.5 Å². The molecule has 14 heavy (non-hydrogen) atoms. The van der Waals surface area contributed by atoms with Crippen molar-refractivity contribution in [3.05, 3.63) is 0 Å². The van der Waals surface area contributed by atoms with Gasteiger partial charge in [-0.15, -0.1) is 0 Å². The lowest BCUT2D eigenvalue weighted by Crippen LogP contribution is -2.45. The molecule has 0 saturated carbocycles. The summed E-state index contributed by atoms with van der Waals surface area (Å²) >= 11 is -0.0579. The highest BCUT2D eigenvalue weighted by atomic mass is 32.2. The number of nitrogens with one attached hydrogen (secondary N) is 1. The molecule has 0 aromatic carbocycles. The molecule has 0 fully saturated rings. The van der Waals surface area contributed by atoms with Crippen molar-refractivity contribution in [1.29, 1.82) is 0 Å². The predicted molar refractivity (Wildman–Crippen MR) is 52.3 cm³/mol. The van der Waals surface area contributed by atoms with Crippen LogP contribution in [0.5, 0.6) is 0 Å². The Labute approximate surface area is 86.3 Å². The van der Waals surface area contributed by atoms with Crippen molar-refractivity contribution >= 4 is 11.8 Å². The summed E-state index contributed by atoms with van der Waals surface area (Å²) in [7, 11) is 0. The Morgan fingerprint density at radius 2 is 1.86 bits per heavy atom. The first-order valence-corrected chi connectivity index (χ1v) is 5.28. The molecule has 0 radical (unpaired) electrons. The van der Waals surface area contributed by atoms with E-state index in [1.54, 1.807) is 20.8 Å². The first-order valence-electron chi connectivity index (χ1n) is 4.29. The van der Waals surface area contributed by atoms with Crippen molar-refractivity contribution in [1.82, 2.24) is 5.32 Å². The topological polar surface area (TPSA) is 32.3 Å². The second-order valence-electron chi connectivity index (χ2n) is 3.62. The van der Waals surface area contributed by atoms with Crippen LogP contribution in [0.4, 0.5) is 13.2 Å². The number of thioether (sulfide) groups is 1. The van der Waals surface area contributed by atoms with Crippen molar-refractivity contribution in [2.24, 2.45) is 0 Å². The van der Waals surface area contributed by atoms with Gasteiger partial charge in [0, 0.05) is 18.3 Å². The third-order valence-corrected chi connectivity index (χ3v) is 2.61. The normalized spacial score (nSPS) is 15.6. The van der Waals surface area contributed by atoms with Crippen LogP contribution in [0.15, 0.2) is 0 Å². The molecule has 0 aliphatic carbocycles. The molecule has 0 bridgehead atoms. The van der Waals surface area contributed by atoms with Crippen LogP contribution in [0.3, 0.4) is 0 Å². The molecule has 0 rings (SSSR count). The fraction of sp³-hybridized carbons (Fsp3) is 1.00. The largest absolute Gasteiger partial charge is 0.441 e. The summed E-state index contributed by atoms with van der Waals surface area (Å²) in [6.07, 6.45) is 0. The Morgan fingerprint density at radius 1 is 1.36 bits per heavy atom. The maximum atomic E-state index is 11.7. The van der Waals surface area contributed by atoms with Gasteiger partial charge in [-0.25, -0.2) is 0 Å². The smallest absolute Gasteiger partial charge is 0.389 e. The zero-order chi connectivity index (χ0) is 11.4. The fourth-order valence-electron chi connectivity index (χ4n) is 0.692. The lowest BCUT2D eigenvalue weighted by molar-refractivity contribution is -0.0327. The van der Waals surface area contributed by atoms with Crippen LogP contribution < -0.4 is 5.32 Å². The molecule has 2 nitrogen and oxygen atoms in total. The molecule has 0 aliphatic rings. The minimum absolute atomic E-state index is 0.0378. The maximum Gasteiger partial charge on any atom is 0.441 e. The van der Waals surface area contributed by atoms with Gasteiger partial charge in [0.15, 0.2) is 0 Å². The van der Waals surface area contributed by atoms with E-state index < -0.39 is 11.1 Å². The molecular weight excluding hydrogens is 215 g/mol. The van der Waals surface area contributed by atoms with E-state index in [0.717, 1.165) is 0 Å². The van der Waals surface area contributed by atoms with Crippen LogP contribution in [0.2, 0.25) is 0 Å². The summed E-state index contributed by atoms with van der Waals surface area (Å²) < 4.78 is 35.1. The van der Waals surface area contributed by atoms with Gasteiger partial charge in [-0.1, -0.05) is 0 Å². The van der Waals surface area contributed by atoms with Gasteiger partial charge in [-0.3, -0.25) is 0 Å². The number of rotatable bonds is 5. The van der Waals surface area contributed by atoms with E-state index in [-0.39, 0.29) is 30.1 Å². The van der Waals surface area contributed by atoms with E-state index in [2.05, 4.69) is 5.32 Å². The fourth-order valence-corrected chi connectivity index (χ4v) is 1.14. The zero-order valence-corrected chi connectivity index (χ0v) is 9.30. The highest BCUT2D eigenvalue weighted by molar-refractivity contribution is 8.00. The Morgan fingerprint density at radius 3 is 2.21 bits per heavy atom. The molecule has 0 saturated heterocycles. The Balaban J connectivity index is 3.56. The van der Waals surface area contributed by atoms with Gasteiger partial charge < -0.3 is 10.4 Å². The molecule has 2 N–H and O–H groups in total. The van der Waals surface area contributed by atoms with Crippen LogP contribution in [0, 0.1) is 0 Å². The highest BCUT2D eigenvalue weighted by Crippen LogP contribution is 2.29. The quantitative estimate of drug-likeness (QED) is 0.710. The summed E-state index contributed by atoms with van der Waals surface area (Å²) in [5.41, 5.74) is -5.08. The van der Waals surface area contributed by atoms with Crippen LogP contribution in [-0.4, -0.2) is 34.6 Å². The molecule has 86 valence electrons. The van der Waals surface area contributed by atoms with E-state index in [1.807, 2.05) is 0 Å². The Bertz CT molecular complexity index is 167. The Hall–Kier alpha value is 0.0600. The average Bonchev–Trinajstić information content (AvgIpc) is 1.93. The third-order valence-electron chi connectivity index (χ3n) is 1.88. The molecule has 0 amide bonds. The number of alkyl halides is 3. The van der Waals surface area contributed by atoms with Gasteiger partial charge in [0.25, 0.3) is 0 Å². The molecule has 1 atom stereocenters. The average molecular weight is 231 g/mol. The van der Waals surface area contributed by atoms with Gasteiger partial charge in [0.05, 0.1) is 5.60 Å². The molecule has 0 aromatic rings. The first-order chi connectivity index (χ1) is 6.13. The van der Waals surface area contributed by atoms with E-state index >= 15 is 0 Å². The second kappa shape index (κ2) is 5.23. The number of halogens is 3. The van der Waals surface area contributed by atoms with Crippen molar-refractivity contribution in [2.75, 3.05) is 12.3 Å². The zero-order valence-electron chi connectivity index (χ0n) is 8.48. The van der Waals surface area contributed by atoms with E-state index in [9.17, 15) is 18.3 Å². The Kier molecular flexibility index (Phi) is 5.25. The molecule has 0 heterocycles. The first kappa shape index (κ1) is 14.1. The molecule has 0 spiro atoms. The van der Waals surface area contributed by atoms with Crippen LogP contribution >= 0.6 is 11.8 Å². The van der Waals surface area contributed by atoms with E-state index in [4.69, 9.17) is 0 Å². The molecule has 1 unspecified atom stereocenters. The maximum absolute atomic E-state index is 11.7. The summed E-state index contributed by atoms with van der Waals surface area (Å²) in [5, 5.41) is 12.3.